The van der Waals surface area contributed by atoms with Crippen molar-refractivity contribution in [2.75, 3.05) is 25.4 Å². The van der Waals surface area contributed by atoms with E-state index in [9.17, 15) is 4.79 Å². The lowest BCUT2D eigenvalue weighted by Crippen LogP contribution is -2.36. The number of pyridine rings is 1. The number of amides is 1. The van der Waals surface area contributed by atoms with Crippen molar-refractivity contribution >= 4 is 11.6 Å². The Balaban J connectivity index is 2.16. The number of hydrogen-bond donors (Lipinski definition) is 1. The molecule has 2 rings (SSSR count). The summed E-state index contributed by atoms with van der Waals surface area (Å²) in [5.74, 6) is -0.0621. The van der Waals surface area contributed by atoms with E-state index >= 15 is 0 Å². The second-order valence-corrected chi connectivity index (χ2v) is 4.25. The number of carbonyl (C=O) groups excluding carboxylic acids is 1. The zero-order valence-electron chi connectivity index (χ0n) is 9.93. The second-order valence-electron chi connectivity index (χ2n) is 4.25. The first-order valence-electron chi connectivity index (χ1n) is 5.79. The molecule has 1 aliphatic heterocycles. The third-order valence-corrected chi connectivity index (χ3v) is 2.82. The van der Waals surface area contributed by atoms with Gasteiger partial charge in [0.1, 0.15) is 0 Å². The first kappa shape index (κ1) is 11.9. The third kappa shape index (κ3) is 2.74. The fraction of sp³-hybridized carbons (Fsp3) is 0.500. The van der Waals surface area contributed by atoms with Crippen LogP contribution in [0.3, 0.4) is 0 Å². The van der Waals surface area contributed by atoms with Crippen LogP contribution in [0.5, 0.6) is 0 Å². The Morgan fingerprint density at radius 2 is 2.47 bits per heavy atom. The monoisotopic (exact) mass is 235 g/mol. The quantitative estimate of drug-likeness (QED) is 0.785. The molecule has 5 nitrogen and oxygen atoms in total. The van der Waals surface area contributed by atoms with Crippen molar-refractivity contribution in [3.05, 3.63) is 24.0 Å². The predicted molar refractivity (Wildman–Crippen MR) is 64.6 cm³/mol. The summed E-state index contributed by atoms with van der Waals surface area (Å²) in [4.78, 5) is 18.0. The van der Waals surface area contributed by atoms with Crippen molar-refractivity contribution in [1.29, 1.82) is 0 Å². The van der Waals surface area contributed by atoms with E-state index in [0.717, 1.165) is 6.42 Å². The largest absolute Gasteiger partial charge is 0.398 e. The van der Waals surface area contributed by atoms with E-state index in [4.69, 9.17) is 10.5 Å². The number of nitrogen functional groups attached to an aromatic ring is 1. The van der Waals surface area contributed by atoms with E-state index in [1.54, 1.807) is 17.2 Å². The number of carbonyl (C=O) groups is 1. The smallest absolute Gasteiger partial charge is 0.257 e. The molecule has 0 spiro atoms. The van der Waals surface area contributed by atoms with Gasteiger partial charge in [-0.05, 0) is 19.4 Å². The molecule has 0 aromatic carbocycles. The first-order valence-corrected chi connectivity index (χ1v) is 5.79. The van der Waals surface area contributed by atoms with E-state index in [1.807, 2.05) is 6.92 Å². The Kier molecular flexibility index (Phi) is 3.58. The first-order chi connectivity index (χ1) is 8.18. The lowest BCUT2D eigenvalue weighted by Gasteiger charge is -2.22. The van der Waals surface area contributed by atoms with E-state index in [-0.39, 0.29) is 12.0 Å². The van der Waals surface area contributed by atoms with Gasteiger partial charge in [-0.25, -0.2) is 0 Å². The van der Waals surface area contributed by atoms with E-state index < -0.39 is 0 Å². The fourth-order valence-corrected chi connectivity index (χ4v) is 1.93. The molecule has 1 fully saturated rings. The molecule has 1 aromatic heterocycles. The zero-order valence-corrected chi connectivity index (χ0v) is 9.93. The summed E-state index contributed by atoms with van der Waals surface area (Å²) in [6, 6.07) is 1.64. The van der Waals surface area contributed by atoms with Gasteiger partial charge in [0.15, 0.2) is 0 Å². The molecule has 1 saturated heterocycles. The minimum Gasteiger partial charge on any atom is -0.398 e. The molecule has 92 valence electrons. The molecule has 1 aromatic rings. The van der Waals surface area contributed by atoms with Crippen LogP contribution in [-0.2, 0) is 4.74 Å². The maximum Gasteiger partial charge on any atom is 0.257 e. The van der Waals surface area contributed by atoms with Crippen molar-refractivity contribution in [2.45, 2.75) is 19.4 Å². The van der Waals surface area contributed by atoms with Crippen molar-refractivity contribution in [2.24, 2.45) is 0 Å². The van der Waals surface area contributed by atoms with Crippen LogP contribution in [0.4, 0.5) is 5.69 Å². The molecule has 1 aliphatic rings. The number of hydrogen-bond acceptors (Lipinski definition) is 4. The highest BCUT2D eigenvalue weighted by Crippen LogP contribution is 2.14. The molecule has 0 radical (unpaired) electrons. The Hall–Kier alpha value is -1.62. The lowest BCUT2D eigenvalue weighted by atomic mass is 10.2. The fourth-order valence-electron chi connectivity index (χ4n) is 1.93. The highest BCUT2D eigenvalue weighted by atomic mass is 16.5. The standard InChI is InChI=1S/C12H17N3O2/c1-9-8-15(5-2-6-17-9)12(16)10-7-14-4-3-11(10)13/h3-4,7,9H,2,5-6,8H2,1H3,(H2,13,14). The molecule has 1 atom stereocenters. The van der Waals surface area contributed by atoms with Gasteiger partial charge >= 0.3 is 0 Å². The van der Waals surface area contributed by atoms with Crippen LogP contribution >= 0.6 is 0 Å². The van der Waals surface area contributed by atoms with Crippen molar-refractivity contribution in [3.63, 3.8) is 0 Å². The summed E-state index contributed by atoms with van der Waals surface area (Å²) in [7, 11) is 0. The molecular weight excluding hydrogens is 218 g/mol. The van der Waals surface area contributed by atoms with Crippen LogP contribution in [0.2, 0.25) is 0 Å². The SMILES string of the molecule is CC1CN(C(=O)c2cnccc2N)CCCO1. The summed E-state index contributed by atoms with van der Waals surface area (Å²) < 4.78 is 5.51. The van der Waals surface area contributed by atoms with Crippen LogP contribution in [0.1, 0.15) is 23.7 Å². The molecule has 0 saturated carbocycles. The van der Waals surface area contributed by atoms with Gasteiger partial charge in [-0.15, -0.1) is 0 Å². The number of anilines is 1. The van der Waals surface area contributed by atoms with Crippen LogP contribution in [0, 0.1) is 0 Å². The van der Waals surface area contributed by atoms with Gasteiger partial charge in [0, 0.05) is 37.8 Å². The van der Waals surface area contributed by atoms with Gasteiger partial charge < -0.3 is 15.4 Å². The summed E-state index contributed by atoms with van der Waals surface area (Å²) >= 11 is 0. The van der Waals surface area contributed by atoms with Gasteiger partial charge in [0.05, 0.1) is 11.7 Å². The van der Waals surface area contributed by atoms with Gasteiger partial charge in [0.2, 0.25) is 0 Å². The Bertz CT molecular complexity index is 408. The maximum absolute atomic E-state index is 12.3. The predicted octanol–water partition coefficient (Wildman–Crippen LogP) is 0.915. The highest BCUT2D eigenvalue weighted by Gasteiger charge is 2.22. The van der Waals surface area contributed by atoms with Crippen molar-refractivity contribution < 1.29 is 9.53 Å². The summed E-state index contributed by atoms with van der Waals surface area (Å²) in [6.45, 7) is 3.98. The van der Waals surface area contributed by atoms with Crippen molar-refractivity contribution in [1.82, 2.24) is 9.88 Å². The number of ether oxygens (including phenoxy) is 1. The summed E-state index contributed by atoms with van der Waals surface area (Å²) in [5.41, 5.74) is 6.73. The van der Waals surface area contributed by atoms with Gasteiger partial charge in [-0.2, -0.15) is 0 Å². The topological polar surface area (TPSA) is 68.5 Å². The minimum atomic E-state index is -0.0621. The Morgan fingerprint density at radius 3 is 3.24 bits per heavy atom. The van der Waals surface area contributed by atoms with Gasteiger partial charge in [-0.1, -0.05) is 0 Å². The Labute approximate surface area is 101 Å². The molecule has 17 heavy (non-hydrogen) atoms. The Morgan fingerprint density at radius 1 is 1.65 bits per heavy atom. The van der Waals surface area contributed by atoms with Crippen molar-refractivity contribution in [3.8, 4) is 0 Å². The molecule has 1 unspecified atom stereocenters. The maximum atomic E-state index is 12.3. The molecular formula is C12H17N3O2. The van der Waals surface area contributed by atoms with Crippen LogP contribution in [0.15, 0.2) is 18.5 Å². The normalized spacial score (nSPS) is 21.0. The number of aromatic nitrogens is 1. The van der Waals surface area contributed by atoms with Crippen LogP contribution in [-0.4, -0.2) is 41.6 Å². The summed E-state index contributed by atoms with van der Waals surface area (Å²) in [6.07, 6.45) is 4.03. The second kappa shape index (κ2) is 5.14. The number of nitrogens with zero attached hydrogens (tertiary/aromatic N) is 2. The number of nitrogens with two attached hydrogens (primary N) is 1. The zero-order chi connectivity index (χ0) is 12.3. The third-order valence-electron chi connectivity index (χ3n) is 2.82. The highest BCUT2D eigenvalue weighted by molar-refractivity contribution is 5.98. The van der Waals surface area contributed by atoms with Gasteiger partial charge in [0.25, 0.3) is 5.91 Å². The number of rotatable bonds is 1. The van der Waals surface area contributed by atoms with E-state index in [0.29, 0.717) is 30.9 Å². The molecule has 1 amide bonds. The van der Waals surface area contributed by atoms with Crippen LogP contribution < -0.4 is 5.73 Å². The van der Waals surface area contributed by atoms with Crippen LogP contribution in [0.25, 0.3) is 0 Å². The van der Waals surface area contributed by atoms with E-state index in [1.165, 1.54) is 6.20 Å². The average Bonchev–Trinajstić information content (AvgIpc) is 2.54. The average molecular weight is 235 g/mol. The molecule has 5 heteroatoms. The van der Waals surface area contributed by atoms with E-state index in [2.05, 4.69) is 4.98 Å². The minimum absolute atomic E-state index is 0.0621. The summed E-state index contributed by atoms with van der Waals surface area (Å²) in [5, 5.41) is 0. The molecule has 2 heterocycles. The molecule has 0 aliphatic carbocycles. The van der Waals surface area contributed by atoms with Gasteiger partial charge in [-0.3, -0.25) is 9.78 Å². The lowest BCUT2D eigenvalue weighted by molar-refractivity contribution is 0.0563. The molecule has 0 bridgehead atoms. The molecule has 2 N–H and O–H groups in total.